The first-order chi connectivity index (χ1) is 23.5. The number of hydrogen-bond donors (Lipinski definition) is 1. The summed E-state index contributed by atoms with van der Waals surface area (Å²) in [5.41, 5.74) is 4.66. The minimum atomic E-state index is -1.14. The van der Waals surface area contributed by atoms with Crippen LogP contribution in [0.25, 0.3) is 0 Å². The Hall–Kier alpha value is -5.15. The monoisotopic (exact) mass is 648 g/mol. The van der Waals surface area contributed by atoms with Gasteiger partial charge < -0.3 is 14.6 Å². The number of imidazole rings is 1. The molecule has 1 saturated carbocycles. The predicted molar refractivity (Wildman–Crippen MR) is 192 cm³/mol. The smallest absolute Gasteiger partial charge is 0.121 e. The van der Waals surface area contributed by atoms with Crippen LogP contribution in [0.5, 0.6) is 0 Å². The van der Waals surface area contributed by atoms with Gasteiger partial charge in [-0.3, -0.25) is 0 Å². The molecular formula is C42H37ClN4O. The van der Waals surface area contributed by atoms with Crippen LogP contribution in [-0.4, -0.2) is 20.7 Å². The molecule has 0 spiro atoms. The Morgan fingerprint density at radius 1 is 0.833 bits per heavy atom. The van der Waals surface area contributed by atoms with Crippen LogP contribution in [0.2, 0.25) is 5.02 Å². The summed E-state index contributed by atoms with van der Waals surface area (Å²) in [6, 6.07) is 49.7. The topological polar surface area (TPSA) is 65.1 Å². The molecule has 2 atom stereocenters. The number of halogens is 1. The first kappa shape index (κ1) is 31.4. The highest BCUT2D eigenvalue weighted by Gasteiger charge is 2.43. The van der Waals surface area contributed by atoms with Crippen LogP contribution in [0, 0.1) is 11.3 Å². The molecule has 1 fully saturated rings. The summed E-state index contributed by atoms with van der Waals surface area (Å²) < 4.78 is 2.17. The van der Waals surface area contributed by atoms with Gasteiger partial charge in [0.15, 0.2) is 0 Å². The molecule has 2 unspecified atom stereocenters. The van der Waals surface area contributed by atoms with Crippen molar-refractivity contribution in [3.05, 3.63) is 191 Å². The second kappa shape index (κ2) is 13.5. The van der Waals surface area contributed by atoms with Crippen LogP contribution < -0.4 is 4.90 Å². The molecule has 238 valence electrons. The maximum atomic E-state index is 12.5. The van der Waals surface area contributed by atoms with Crippen LogP contribution in [0.1, 0.15) is 59.2 Å². The van der Waals surface area contributed by atoms with Crippen molar-refractivity contribution >= 4 is 17.3 Å². The molecule has 5 aromatic carbocycles. The molecule has 1 N–H and O–H groups in total. The van der Waals surface area contributed by atoms with Gasteiger partial charge in [-0.15, -0.1) is 0 Å². The average Bonchev–Trinajstić information content (AvgIpc) is 3.65. The average molecular weight is 649 g/mol. The van der Waals surface area contributed by atoms with E-state index in [9.17, 15) is 10.4 Å². The first-order valence-electron chi connectivity index (χ1n) is 16.5. The van der Waals surface area contributed by atoms with E-state index in [0.717, 1.165) is 40.8 Å². The van der Waals surface area contributed by atoms with Gasteiger partial charge in [-0.1, -0.05) is 133 Å². The number of rotatable bonds is 9. The summed E-state index contributed by atoms with van der Waals surface area (Å²) >= 11 is 6.55. The van der Waals surface area contributed by atoms with Crippen LogP contribution in [0.15, 0.2) is 152 Å². The number of anilines is 1. The number of aliphatic hydroxyl groups is 1. The lowest BCUT2D eigenvalue weighted by molar-refractivity contribution is -0.0122. The van der Waals surface area contributed by atoms with Gasteiger partial charge in [-0.05, 0) is 59.7 Å². The standard InChI is InChI=1S/C42H37ClN4O/c43-39-26-37(24-23-33(39)28-44)47(29-32-14-5-1-6-15-32)38-22-13-25-41(48,27-38)40-30-46(31-45-40)42(34-16-7-2-8-17-34,35-18-9-3-10-19-35)36-20-11-4-12-21-36/h1-12,14-21,23-24,26,30-31,38,48H,13,22,25,27,29H2. The third-order valence-electron chi connectivity index (χ3n) is 9.76. The Morgan fingerprint density at radius 2 is 1.40 bits per heavy atom. The third-order valence-corrected chi connectivity index (χ3v) is 10.1. The summed E-state index contributed by atoms with van der Waals surface area (Å²) in [5.74, 6) is 0. The molecule has 0 radical (unpaired) electrons. The molecule has 0 aliphatic heterocycles. The zero-order valence-corrected chi connectivity index (χ0v) is 27.4. The Morgan fingerprint density at radius 3 is 1.94 bits per heavy atom. The number of benzene rings is 5. The van der Waals surface area contributed by atoms with Crippen molar-refractivity contribution in [1.29, 1.82) is 5.26 Å². The molecule has 0 saturated heterocycles. The molecule has 0 bridgehead atoms. The molecule has 1 heterocycles. The molecule has 7 rings (SSSR count). The minimum absolute atomic E-state index is 0.0141. The molecular weight excluding hydrogens is 612 g/mol. The lowest BCUT2D eigenvalue weighted by Crippen LogP contribution is -2.45. The molecule has 6 aromatic rings. The van der Waals surface area contributed by atoms with Crippen molar-refractivity contribution in [1.82, 2.24) is 9.55 Å². The highest BCUT2D eigenvalue weighted by atomic mass is 35.5. The van der Waals surface area contributed by atoms with Gasteiger partial charge in [-0.2, -0.15) is 5.26 Å². The zero-order chi connectivity index (χ0) is 33.0. The fourth-order valence-electron chi connectivity index (χ4n) is 7.44. The van der Waals surface area contributed by atoms with E-state index in [1.54, 1.807) is 6.07 Å². The zero-order valence-electron chi connectivity index (χ0n) is 26.7. The SMILES string of the molecule is N#Cc1ccc(N(Cc2ccccc2)C2CCCC(O)(c3cn(C(c4ccccc4)(c4ccccc4)c4ccccc4)cn3)C2)cc1Cl. The summed E-state index contributed by atoms with van der Waals surface area (Å²) in [6.45, 7) is 0.650. The Bertz CT molecular complexity index is 1910. The Balaban J connectivity index is 1.30. The molecule has 0 amide bonds. The van der Waals surface area contributed by atoms with E-state index in [1.165, 1.54) is 0 Å². The van der Waals surface area contributed by atoms with Crippen molar-refractivity contribution < 1.29 is 5.11 Å². The summed E-state index contributed by atoms with van der Waals surface area (Å²) in [6.07, 6.45) is 6.80. The van der Waals surface area contributed by atoms with Crippen molar-refractivity contribution in [2.24, 2.45) is 0 Å². The highest BCUT2D eigenvalue weighted by molar-refractivity contribution is 6.32. The first-order valence-corrected chi connectivity index (χ1v) is 16.8. The number of hydrogen-bond acceptors (Lipinski definition) is 4. The molecule has 5 nitrogen and oxygen atoms in total. The van der Waals surface area contributed by atoms with Crippen molar-refractivity contribution in [2.45, 2.75) is 49.4 Å². The minimum Gasteiger partial charge on any atom is -0.383 e. The number of aromatic nitrogens is 2. The quantitative estimate of drug-likeness (QED) is 0.159. The maximum Gasteiger partial charge on any atom is 0.121 e. The third kappa shape index (κ3) is 5.90. The van der Waals surface area contributed by atoms with Crippen LogP contribution in [0.3, 0.4) is 0 Å². The van der Waals surface area contributed by atoms with Gasteiger partial charge in [0.2, 0.25) is 0 Å². The van der Waals surface area contributed by atoms with E-state index in [2.05, 4.69) is 107 Å². The second-order valence-corrected chi connectivity index (χ2v) is 13.1. The second-order valence-electron chi connectivity index (χ2n) is 12.6. The van der Waals surface area contributed by atoms with Gasteiger partial charge >= 0.3 is 0 Å². The van der Waals surface area contributed by atoms with Crippen LogP contribution in [-0.2, 0) is 17.7 Å². The summed E-state index contributed by atoms with van der Waals surface area (Å²) in [7, 11) is 0. The van der Waals surface area contributed by atoms with Crippen molar-refractivity contribution in [3.8, 4) is 6.07 Å². The predicted octanol–water partition coefficient (Wildman–Crippen LogP) is 9.09. The fourth-order valence-corrected chi connectivity index (χ4v) is 7.66. The van der Waals surface area contributed by atoms with Gasteiger partial charge in [0.1, 0.15) is 17.2 Å². The normalized spacial score (nSPS) is 17.8. The van der Waals surface area contributed by atoms with E-state index in [0.29, 0.717) is 35.7 Å². The van der Waals surface area contributed by atoms with Gasteiger partial charge in [0.25, 0.3) is 0 Å². The molecule has 1 aliphatic carbocycles. The van der Waals surface area contributed by atoms with Crippen molar-refractivity contribution in [2.75, 3.05) is 4.90 Å². The van der Waals surface area contributed by atoms with Gasteiger partial charge in [0, 0.05) is 30.9 Å². The van der Waals surface area contributed by atoms with E-state index in [4.69, 9.17) is 16.6 Å². The van der Waals surface area contributed by atoms with Gasteiger partial charge in [0.05, 0.1) is 22.6 Å². The van der Waals surface area contributed by atoms with E-state index < -0.39 is 11.1 Å². The highest BCUT2D eigenvalue weighted by Crippen LogP contribution is 2.44. The van der Waals surface area contributed by atoms with Gasteiger partial charge in [-0.25, -0.2) is 4.98 Å². The summed E-state index contributed by atoms with van der Waals surface area (Å²) in [5, 5.41) is 22.5. The van der Waals surface area contributed by atoms with Crippen LogP contribution in [0.4, 0.5) is 5.69 Å². The van der Waals surface area contributed by atoms with E-state index in [1.807, 2.05) is 54.9 Å². The molecule has 6 heteroatoms. The number of nitriles is 1. The maximum absolute atomic E-state index is 12.5. The summed E-state index contributed by atoms with van der Waals surface area (Å²) in [4.78, 5) is 7.30. The lowest BCUT2D eigenvalue weighted by Gasteiger charge is -2.42. The largest absolute Gasteiger partial charge is 0.383 e. The van der Waals surface area contributed by atoms with Crippen LogP contribution >= 0.6 is 11.6 Å². The lowest BCUT2D eigenvalue weighted by atomic mass is 9.76. The van der Waals surface area contributed by atoms with E-state index >= 15 is 0 Å². The molecule has 1 aliphatic rings. The Labute approximate surface area is 287 Å². The van der Waals surface area contributed by atoms with Crippen molar-refractivity contribution in [3.63, 3.8) is 0 Å². The number of nitrogens with zero attached hydrogens (tertiary/aromatic N) is 4. The Kier molecular flexibility index (Phi) is 8.86. The molecule has 48 heavy (non-hydrogen) atoms. The molecule has 1 aromatic heterocycles. The fraction of sp³-hybridized carbons (Fsp3) is 0.190. The van der Waals surface area contributed by atoms with E-state index in [-0.39, 0.29) is 6.04 Å².